The fraction of sp³-hybridized carbons (Fsp3) is 0.474. The minimum absolute atomic E-state index is 0.303. The number of ether oxygens (including phenoxy) is 1. The number of imide groups is 1. The fourth-order valence-electron chi connectivity index (χ4n) is 3.51. The molecule has 1 saturated heterocycles. The van der Waals surface area contributed by atoms with Gasteiger partial charge in [0.1, 0.15) is 17.9 Å². The molecule has 1 aliphatic carbocycles. The number of urea groups is 1. The molecule has 0 atom stereocenters. The number of carbonyl (C=O) groups is 4. The molecule has 1 aromatic carbocycles. The molecule has 0 bridgehead atoms. The highest BCUT2D eigenvalue weighted by molar-refractivity contribution is 6.08. The number of nitrogens with zero attached hydrogens (tertiary/aromatic N) is 1. The Hall–Kier alpha value is -2.97. The van der Waals surface area contributed by atoms with Crippen molar-refractivity contribution in [3.8, 4) is 0 Å². The lowest BCUT2D eigenvalue weighted by Crippen LogP contribution is -2.44. The van der Waals surface area contributed by atoms with E-state index in [2.05, 4.69) is 10.6 Å². The lowest BCUT2D eigenvalue weighted by molar-refractivity contribution is -0.151. The highest BCUT2D eigenvalue weighted by atomic mass is 19.1. The predicted molar refractivity (Wildman–Crippen MR) is 95.5 cm³/mol. The second kappa shape index (κ2) is 8.37. The Labute approximate surface area is 161 Å². The Morgan fingerprint density at radius 2 is 1.86 bits per heavy atom. The summed E-state index contributed by atoms with van der Waals surface area (Å²) in [6, 6.07) is 5.31. The van der Waals surface area contributed by atoms with Gasteiger partial charge in [0.05, 0.1) is 0 Å². The highest BCUT2D eigenvalue weighted by Crippen LogP contribution is 2.34. The first kappa shape index (κ1) is 19.8. The maximum absolute atomic E-state index is 12.8. The SMILES string of the molecule is O=C(COC(=O)CN1C(=O)NC2(CCCC2)C1=O)NCCc1ccc(F)cc1. The zero-order chi connectivity index (χ0) is 20.1. The van der Waals surface area contributed by atoms with E-state index in [0.29, 0.717) is 25.8 Å². The Balaban J connectivity index is 1.38. The van der Waals surface area contributed by atoms with Crippen molar-refractivity contribution >= 4 is 23.8 Å². The van der Waals surface area contributed by atoms with E-state index < -0.39 is 42.5 Å². The van der Waals surface area contributed by atoms with Crippen molar-refractivity contribution in [1.82, 2.24) is 15.5 Å². The summed E-state index contributed by atoms with van der Waals surface area (Å²) in [6.07, 6.45) is 3.34. The molecule has 2 aliphatic rings. The summed E-state index contributed by atoms with van der Waals surface area (Å²) in [5, 5.41) is 5.26. The van der Waals surface area contributed by atoms with Crippen LogP contribution in [0.1, 0.15) is 31.2 Å². The molecule has 1 aliphatic heterocycles. The Morgan fingerprint density at radius 1 is 1.18 bits per heavy atom. The van der Waals surface area contributed by atoms with Crippen LogP contribution >= 0.6 is 0 Å². The van der Waals surface area contributed by atoms with Crippen LogP contribution in [0.4, 0.5) is 9.18 Å². The van der Waals surface area contributed by atoms with E-state index in [0.717, 1.165) is 23.3 Å². The summed E-state index contributed by atoms with van der Waals surface area (Å²) < 4.78 is 17.7. The predicted octanol–water partition coefficient (Wildman–Crippen LogP) is 0.892. The van der Waals surface area contributed by atoms with E-state index in [9.17, 15) is 23.6 Å². The standard InChI is InChI=1S/C19H22FN3O5/c20-14-5-3-13(4-6-14)7-10-21-15(24)12-28-16(25)11-23-17(26)19(22-18(23)27)8-1-2-9-19/h3-6H,1-2,7-12H2,(H,21,24)(H,22,27). The van der Waals surface area contributed by atoms with Gasteiger partial charge in [0.15, 0.2) is 6.61 Å². The molecule has 4 amide bonds. The largest absolute Gasteiger partial charge is 0.454 e. The number of carbonyl (C=O) groups excluding carboxylic acids is 4. The fourth-order valence-corrected chi connectivity index (χ4v) is 3.51. The number of hydrogen-bond acceptors (Lipinski definition) is 5. The average Bonchev–Trinajstić information content (AvgIpc) is 3.22. The first-order valence-electron chi connectivity index (χ1n) is 9.20. The quantitative estimate of drug-likeness (QED) is 0.531. The normalized spacial score (nSPS) is 17.7. The van der Waals surface area contributed by atoms with Gasteiger partial charge in [-0.3, -0.25) is 19.3 Å². The van der Waals surface area contributed by atoms with Crippen LogP contribution in [-0.2, 0) is 25.5 Å². The third-order valence-electron chi connectivity index (χ3n) is 5.00. The number of nitrogens with one attached hydrogen (secondary N) is 2. The molecule has 3 rings (SSSR count). The number of rotatable bonds is 7. The summed E-state index contributed by atoms with van der Waals surface area (Å²) in [5.41, 5.74) is -0.0205. The second-order valence-electron chi connectivity index (χ2n) is 7.00. The van der Waals surface area contributed by atoms with Gasteiger partial charge < -0.3 is 15.4 Å². The topological polar surface area (TPSA) is 105 Å². The first-order chi connectivity index (χ1) is 13.4. The molecule has 1 saturated carbocycles. The lowest BCUT2D eigenvalue weighted by atomic mass is 9.98. The van der Waals surface area contributed by atoms with Crippen LogP contribution in [0.15, 0.2) is 24.3 Å². The molecule has 1 aromatic rings. The minimum Gasteiger partial charge on any atom is -0.454 e. The lowest BCUT2D eigenvalue weighted by Gasteiger charge is -2.19. The molecule has 2 fully saturated rings. The Kier molecular flexibility index (Phi) is 5.91. The van der Waals surface area contributed by atoms with E-state index in [-0.39, 0.29) is 5.82 Å². The minimum atomic E-state index is -0.880. The van der Waals surface area contributed by atoms with E-state index in [1.165, 1.54) is 12.1 Å². The van der Waals surface area contributed by atoms with Crippen LogP contribution in [0.25, 0.3) is 0 Å². The summed E-state index contributed by atoms with van der Waals surface area (Å²) in [4.78, 5) is 49.0. The number of amides is 4. The molecule has 0 radical (unpaired) electrons. The van der Waals surface area contributed by atoms with E-state index in [1.807, 2.05) is 0 Å². The molecule has 1 heterocycles. The van der Waals surface area contributed by atoms with Crippen molar-refractivity contribution in [2.45, 2.75) is 37.6 Å². The molecular weight excluding hydrogens is 369 g/mol. The van der Waals surface area contributed by atoms with E-state index in [1.54, 1.807) is 12.1 Å². The zero-order valence-electron chi connectivity index (χ0n) is 15.3. The van der Waals surface area contributed by atoms with Crippen LogP contribution in [-0.4, -0.2) is 54.0 Å². The van der Waals surface area contributed by atoms with Gasteiger partial charge in [-0.15, -0.1) is 0 Å². The van der Waals surface area contributed by atoms with Crippen molar-refractivity contribution in [1.29, 1.82) is 0 Å². The monoisotopic (exact) mass is 391 g/mol. The number of benzene rings is 1. The zero-order valence-corrected chi connectivity index (χ0v) is 15.3. The molecule has 1 spiro atoms. The molecular formula is C19H22FN3O5. The number of hydrogen-bond donors (Lipinski definition) is 2. The van der Waals surface area contributed by atoms with E-state index in [4.69, 9.17) is 4.74 Å². The van der Waals surface area contributed by atoms with Gasteiger partial charge in [0.2, 0.25) is 0 Å². The summed E-state index contributed by atoms with van der Waals surface area (Å²) in [5.74, 6) is -2.06. The molecule has 2 N–H and O–H groups in total. The van der Waals surface area contributed by atoms with Gasteiger partial charge in [0.25, 0.3) is 11.8 Å². The van der Waals surface area contributed by atoms with Gasteiger partial charge in [-0.1, -0.05) is 25.0 Å². The van der Waals surface area contributed by atoms with Crippen LogP contribution in [0.3, 0.4) is 0 Å². The third-order valence-corrected chi connectivity index (χ3v) is 5.00. The first-order valence-corrected chi connectivity index (χ1v) is 9.20. The van der Waals surface area contributed by atoms with Crippen LogP contribution in [0.5, 0.6) is 0 Å². The van der Waals surface area contributed by atoms with Gasteiger partial charge in [0, 0.05) is 6.54 Å². The number of halogens is 1. The summed E-state index contributed by atoms with van der Waals surface area (Å²) in [7, 11) is 0. The van der Waals surface area contributed by atoms with Gasteiger partial charge in [-0.05, 0) is 37.0 Å². The van der Waals surface area contributed by atoms with Gasteiger partial charge in [-0.2, -0.15) is 0 Å². The molecule has 9 heteroatoms. The second-order valence-corrected chi connectivity index (χ2v) is 7.00. The van der Waals surface area contributed by atoms with Crippen molar-refractivity contribution in [2.75, 3.05) is 19.7 Å². The third kappa shape index (κ3) is 4.47. The van der Waals surface area contributed by atoms with E-state index >= 15 is 0 Å². The smallest absolute Gasteiger partial charge is 0.326 e. The number of esters is 1. The highest BCUT2D eigenvalue weighted by Gasteiger charge is 2.52. The summed E-state index contributed by atoms with van der Waals surface area (Å²) in [6.45, 7) is -0.718. The summed E-state index contributed by atoms with van der Waals surface area (Å²) >= 11 is 0. The van der Waals surface area contributed by atoms with Crippen molar-refractivity contribution < 1.29 is 28.3 Å². The van der Waals surface area contributed by atoms with Crippen LogP contribution in [0, 0.1) is 5.82 Å². The van der Waals surface area contributed by atoms with Crippen LogP contribution < -0.4 is 10.6 Å². The molecule has 8 nitrogen and oxygen atoms in total. The van der Waals surface area contributed by atoms with Crippen molar-refractivity contribution in [2.24, 2.45) is 0 Å². The Bertz CT molecular complexity index is 774. The van der Waals surface area contributed by atoms with Crippen molar-refractivity contribution in [3.63, 3.8) is 0 Å². The molecule has 0 unspecified atom stereocenters. The van der Waals surface area contributed by atoms with Crippen molar-refractivity contribution in [3.05, 3.63) is 35.6 Å². The maximum atomic E-state index is 12.8. The van der Waals surface area contributed by atoms with Gasteiger partial charge >= 0.3 is 12.0 Å². The average molecular weight is 391 g/mol. The molecule has 0 aromatic heterocycles. The Morgan fingerprint density at radius 3 is 2.54 bits per heavy atom. The maximum Gasteiger partial charge on any atom is 0.326 e. The van der Waals surface area contributed by atoms with Crippen LogP contribution in [0.2, 0.25) is 0 Å². The molecule has 150 valence electrons. The molecule has 28 heavy (non-hydrogen) atoms. The van der Waals surface area contributed by atoms with Gasteiger partial charge in [-0.25, -0.2) is 9.18 Å².